The first-order valence-electron chi connectivity index (χ1n) is 10.5. The number of aryl methyl sites for hydroxylation is 1. The van der Waals surface area contributed by atoms with Gasteiger partial charge in [-0.1, -0.05) is 37.2 Å². The highest BCUT2D eigenvalue weighted by atomic mass is 35.5. The predicted molar refractivity (Wildman–Crippen MR) is 124 cm³/mol. The van der Waals surface area contributed by atoms with Crippen LogP contribution in [0.5, 0.6) is 0 Å². The zero-order valence-electron chi connectivity index (χ0n) is 17.2. The van der Waals surface area contributed by atoms with Crippen molar-refractivity contribution in [1.82, 2.24) is 14.8 Å². The fourth-order valence-corrected chi connectivity index (χ4v) is 4.60. The van der Waals surface area contributed by atoms with E-state index in [2.05, 4.69) is 27.3 Å². The summed E-state index contributed by atoms with van der Waals surface area (Å²) < 4.78 is 0. The largest absolute Gasteiger partial charge is 0.328 e. The van der Waals surface area contributed by atoms with Gasteiger partial charge in [0.25, 0.3) is 0 Å². The second-order valence-corrected chi connectivity index (χ2v) is 8.56. The van der Waals surface area contributed by atoms with Crippen LogP contribution in [-0.2, 0) is 16.1 Å². The molecule has 1 atom stereocenters. The normalized spacial score (nSPS) is 19.9. The van der Waals surface area contributed by atoms with E-state index < -0.39 is 6.04 Å². The summed E-state index contributed by atoms with van der Waals surface area (Å²) in [5.74, 6) is 0.469. The van der Waals surface area contributed by atoms with Gasteiger partial charge in [0, 0.05) is 43.3 Å². The molecule has 1 aromatic heterocycles. The predicted octanol–water partition coefficient (Wildman–Crippen LogP) is 4.27. The minimum absolute atomic E-state index is 0. The van der Waals surface area contributed by atoms with Crippen LogP contribution in [0.15, 0.2) is 42.6 Å². The lowest BCUT2D eigenvalue weighted by Gasteiger charge is -2.39. The monoisotopic (exact) mass is 442 g/mol. The number of rotatable bonds is 5. The number of hydrogen-bond donors (Lipinski definition) is 1. The summed E-state index contributed by atoms with van der Waals surface area (Å²) in [5, 5.41) is 3.65. The van der Waals surface area contributed by atoms with Crippen LogP contribution >= 0.6 is 11.6 Å². The molecule has 0 bridgehead atoms. The van der Waals surface area contributed by atoms with Crippen molar-refractivity contribution in [2.24, 2.45) is 0 Å². The van der Waals surface area contributed by atoms with Gasteiger partial charge >= 0.3 is 0 Å². The molecule has 2 saturated heterocycles. The van der Waals surface area contributed by atoms with Gasteiger partial charge in [-0.25, -0.2) is 4.98 Å². The maximum atomic E-state index is 12.8. The zero-order chi connectivity index (χ0) is 21.1. The number of hydrogen-bond acceptors (Lipinski definition) is 4. The Bertz CT molecular complexity index is 913. The quantitative estimate of drug-likeness (QED) is 0.750. The van der Waals surface area contributed by atoms with Gasteiger partial charge < -0.3 is 10.2 Å². The van der Waals surface area contributed by atoms with Crippen molar-refractivity contribution >= 4 is 29.2 Å². The molecule has 31 heavy (non-hydrogen) atoms. The highest BCUT2D eigenvalue weighted by Crippen LogP contribution is 2.28. The molecule has 0 radical (unpaired) electrons. The van der Waals surface area contributed by atoms with Gasteiger partial charge in [0.1, 0.15) is 11.9 Å². The SMILES string of the molecule is C.Cc1cc(CN2CCC(N3C(=O)CC[C@@H]3C(=O)Nc3ccccn3)CC2)ccc1Cl. The Morgan fingerprint density at radius 2 is 1.97 bits per heavy atom. The highest BCUT2D eigenvalue weighted by molar-refractivity contribution is 6.31. The van der Waals surface area contributed by atoms with E-state index in [-0.39, 0.29) is 25.3 Å². The van der Waals surface area contributed by atoms with Gasteiger partial charge in [0.2, 0.25) is 11.8 Å². The molecule has 2 aliphatic rings. The minimum atomic E-state index is -0.407. The lowest BCUT2D eigenvalue weighted by Crippen LogP contribution is -2.51. The fraction of sp³-hybridized carbons (Fsp3) is 0.458. The summed E-state index contributed by atoms with van der Waals surface area (Å²) in [4.78, 5) is 33.8. The molecule has 4 rings (SSSR count). The first kappa shape index (κ1) is 23.2. The molecule has 7 heteroatoms. The number of piperidine rings is 1. The number of benzene rings is 1. The number of halogens is 1. The minimum Gasteiger partial charge on any atom is -0.328 e. The number of anilines is 1. The van der Waals surface area contributed by atoms with Gasteiger partial charge in [-0.3, -0.25) is 14.5 Å². The van der Waals surface area contributed by atoms with Crippen molar-refractivity contribution in [3.8, 4) is 0 Å². The summed E-state index contributed by atoms with van der Waals surface area (Å²) >= 11 is 6.13. The third kappa shape index (κ3) is 5.43. The van der Waals surface area contributed by atoms with Crippen LogP contribution in [0.4, 0.5) is 5.82 Å². The highest BCUT2D eigenvalue weighted by Gasteiger charge is 2.41. The van der Waals surface area contributed by atoms with Crippen LogP contribution in [0, 0.1) is 6.92 Å². The Balaban J connectivity index is 0.00000272. The summed E-state index contributed by atoms with van der Waals surface area (Å²) in [5.41, 5.74) is 2.34. The van der Waals surface area contributed by atoms with E-state index in [0.717, 1.165) is 43.1 Å². The van der Waals surface area contributed by atoms with Crippen LogP contribution in [0.25, 0.3) is 0 Å². The Morgan fingerprint density at radius 3 is 2.65 bits per heavy atom. The average molecular weight is 443 g/mol. The Morgan fingerprint density at radius 1 is 1.19 bits per heavy atom. The van der Waals surface area contributed by atoms with Gasteiger partial charge in [-0.2, -0.15) is 0 Å². The molecule has 3 heterocycles. The summed E-state index contributed by atoms with van der Waals surface area (Å²) in [7, 11) is 0. The molecule has 2 aliphatic heterocycles. The summed E-state index contributed by atoms with van der Waals surface area (Å²) in [6, 6.07) is 11.3. The van der Waals surface area contributed by atoms with Crippen molar-refractivity contribution in [1.29, 1.82) is 0 Å². The smallest absolute Gasteiger partial charge is 0.248 e. The number of amides is 2. The first-order valence-corrected chi connectivity index (χ1v) is 10.9. The van der Waals surface area contributed by atoms with E-state index in [1.54, 1.807) is 18.3 Å². The van der Waals surface area contributed by atoms with E-state index in [1.807, 2.05) is 24.0 Å². The van der Waals surface area contributed by atoms with Crippen LogP contribution in [-0.4, -0.2) is 51.8 Å². The standard InChI is InChI=1S/C23H27ClN4O2.CH4/c1-16-14-17(5-6-19(16)24)15-27-12-9-18(10-13-27)28-20(7-8-22(28)29)23(30)26-21-4-2-3-11-25-21;/h2-6,11,14,18,20H,7-10,12-13,15H2,1H3,(H,25,26,30);1H4/t20-;/m1./s1. The van der Waals surface area contributed by atoms with E-state index in [1.165, 1.54) is 5.56 Å². The second-order valence-electron chi connectivity index (χ2n) is 8.15. The van der Waals surface area contributed by atoms with Crippen molar-refractivity contribution in [3.63, 3.8) is 0 Å². The van der Waals surface area contributed by atoms with E-state index in [4.69, 9.17) is 11.6 Å². The zero-order valence-corrected chi connectivity index (χ0v) is 17.9. The third-order valence-electron chi connectivity index (χ3n) is 6.05. The average Bonchev–Trinajstić information content (AvgIpc) is 3.14. The van der Waals surface area contributed by atoms with Gasteiger partial charge in [-0.05, 0) is 55.5 Å². The number of aromatic nitrogens is 1. The molecule has 0 unspecified atom stereocenters. The molecule has 1 aromatic carbocycles. The topological polar surface area (TPSA) is 65.5 Å². The Hall–Kier alpha value is -2.44. The summed E-state index contributed by atoms with van der Waals surface area (Å²) in [6.45, 7) is 4.71. The van der Waals surface area contributed by atoms with Crippen molar-refractivity contribution in [2.75, 3.05) is 18.4 Å². The molecule has 0 saturated carbocycles. The molecule has 2 fully saturated rings. The first-order chi connectivity index (χ1) is 14.5. The molecule has 0 spiro atoms. The number of likely N-dealkylation sites (tertiary alicyclic amines) is 2. The lowest BCUT2D eigenvalue weighted by molar-refractivity contribution is -0.136. The van der Waals surface area contributed by atoms with E-state index in [0.29, 0.717) is 18.7 Å². The number of pyridine rings is 1. The van der Waals surface area contributed by atoms with Gasteiger partial charge in [-0.15, -0.1) is 0 Å². The van der Waals surface area contributed by atoms with Crippen molar-refractivity contribution < 1.29 is 9.59 Å². The number of carbonyl (C=O) groups is 2. The second kappa shape index (κ2) is 10.2. The molecule has 166 valence electrons. The van der Waals surface area contributed by atoms with Crippen molar-refractivity contribution in [3.05, 3.63) is 58.7 Å². The molecule has 6 nitrogen and oxygen atoms in total. The molecular formula is C24H31ClN4O2. The number of nitrogens with one attached hydrogen (secondary N) is 1. The van der Waals surface area contributed by atoms with Crippen LogP contribution in [0.3, 0.4) is 0 Å². The lowest BCUT2D eigenvalue weighted by atomic mass is 10.0. The maximum absolute atomic E-state index is 12.8. The number of nitrogens with zero attached hydrogens (tertiary/aromatic N) is 3. The van der Waals surface area contributed by atoms with Crippen LogP contribution in [0.1, 0.15) is 44.2 Å². The molecule has 2 amide bonds. The van der Waals surface area contributed by atoms with Crippen LogP contribution in [0.2, 0.25) is 5.02 Å². The number of carbonyl (C=O) groups excluding carboxylic acids is 2. The van der Waals surface area contributed by atoms with Crippen LogP contribution < -0.4 is 5.32 Å². The Labute approximate surface area is 189 Å². The van der Waals surface area contributed by atoms with E-state index >= 15 is 0 Å². The Kier molecular flexibility index (Phi) is 7.68. The molecule has 0 aliphatic carbocycles. The van der Waals surface area contributed by atoms with Crippen molar-refractivity contribution in [2.45, 2.75) is 58.7 Å². The molecular weight excluding hydrogens is 412 g/mol. The van der Waals surface area contributed by atoms with E-state index in [9.17, 15) is 9.59 Å². The van der Waals surface area contributed by atoms with Gasteiger partial charge in [0.05, 0.1) is 0 Å². The summed E-state index contributed by atoms with van der Waals surface area (Å²) in [6.07, 6.45) is 4.41. The fourth-order valence-electron chi connectivity index (χ4n) is 4.48. The molecule has 1 N–H and O–H groups in total. The molecule has 2 aromatic rings. The third-order valence-corrected chi connectivity index (χ3v) is 6.48. The van der Waals surface area contributed by atoms with Gasteiger partial charge in [0.15, 0.2) is 0 Å². The maximum Gasteiger partial charge on any atom is 0.248 e.